The zero-order valence-electron chi connectivity index (χ0n) is 17.3. The normalized spacial score (nSPS) is 18.6. The van der Waals surface area contributed by atoms with E-state index < -0.39 is 0 Å². The molecule has 0 radical (unpaired) electrons. The number of carbonyl (C=O) groups is 1. The molecule has 0 spiro atoms. The molecular weight excluding hydrogens is 396 g/mol. The van der Waals surface area contributed by atoms with Crippen molar-refractivity contribution >= 4 is 28.7 Å². The van der Waals surface area contributed by atoms with E-state index in [1.165, 1.54) is 6.20 Å². The fraction of sp³-hybridized carbons (Fsp3) is 0.429. The molecule has 0 aromatic carbocycles. The van der Waals surface area contributed by atoms with Crippen molar-refractivity contribution in [1.29, 1.82) is 0 Å². The van der Waals surface area contributed by atoms with Gasteiger partial charge in [-0.1, -0.05) is 0 Å². The minimum atomic E-state index is -0.312. The molecule has 1 aliphatic carbocycles. The Labute approximate surface area is 180 Å². The van der Waals surface area contributed by atoms with E-state index in [0.717, 1.165) is 31.4 Å². The zero-order chi connectivity index (χ0) is 21.6. The molecule has 10 heteroatoms. The first-order valence-corrected chi connectivity index (χ1v) is 10.6. The van der Waals surface area contributed by atoms with Crippen LogP contribution in [0.4, 0.5) is 17.2 Å². The molecule has 0 bridgehead atoms. The number of fused-ring (bicyclic) bond motifs is 1. The summed E-state index contributed by atoms with van der Waals surface area (Å²) in [5, 5.41) is 23.4. The average Bonchev–Trinajstić information content (AvgIpc) is 3.20. The van der Waals surface area contributed by atoms with Crippen molar-refractivity contribution in [2.75, 3.05) is 29.1 Å². The zero-order valence-corrected chi connectivity index (χ0v) is 17.3. The number of nitrogens with two attached hydrogens (primary N) is 1. The molecule has 164 valence electrons. The monoisotopic (exact) mass is 424 g/mol. The van der Waals surface area contributed by atoms with Gasteiger partial charge in [0.15, 0.2) is 11.3 Å². The van der Waals surface area contributed by atoms with Crippen molar-refractivity contribution in [1.82, 2.24) is 19.6 Å². The lowest BCUT2D eigenvalue weighted by atomic mass is 9.92. The van der Waals surface area contributed by atoms with Crippen molar-refractivity contribution in [3.05, 3.63) is 42.5 Å². The molecular formula is C21H28N8O2. The Hall–Kier alpha value is -3.24. The fourth-order valence-electron chi connectivity index (χ4n) is 3.73. The van der Waals surface area contributed by atoms with Gasteiger partial charge >= 0.3 is 0 Å². The number of amides is 1. The number of nitrogens with zero attached hydrogens (tertiary/aromatic N) is 4. The third-order valence-corrected chi connectivity index (χ3v) is 5.41. The van der Waals surface area contributed by atoms with Crippen LogP contribution in [0.3, 0.4) is 0 Å². The van der Waals surface area contributed by atoms with Gasteiger partial charge in [0.05, 0.1) is 11.9 Å². The van der Waals surface area contributed by atoms with Gasteiger partial charge in [0.25, 0.3) is 5.91 Å². The van der Waals surface area contributed by atoms with Crippen molar-refractivity contribution in [2.45, 2.75) is 44.2 Å². The molecule has 1 fully saturated rings. The third-order valence-electron chi connectivity index (χ3n) is 5.41. The summed E-state index contributed by atoms with van der Waals surface area (Å²) in [5.74, 6) is 0.351. The third kappa shape index (κ3) is 5.09. The summed E-state index contributed by atoms with van der Waals surface area (Å²) < 4.78 is 1.55. The quantitative estimate of drug-likeness (QED) is 0.345. The molecule has 0 aliphatic heterocycles. The maximum absolute atomic E-state index is 12.9. The standard InChI is InChI=1S/C21H28N8O2/c22-14-2-4-15(5-3-14)26-19-12-17(24-8-1-11-30)20-25-13-18(29(20)28-19)21(31)27-16-6-9-23-10-7-16/h6-7,9-10,12-15,24,30H,1-5,8,11,22H2,(H,26,28)(H,23,27,31). The Morgan fingerprint density at radius 2 is 2.00 bits per heavy atom. The van der Waals surface area contributed by atoms with Gasteiger partial charge in [-0.15, -0.1) is 5.10 Å². The lowest BCUT2D eigenvalue weighted by molar-refractivity contribution is 0.102. The van der Waals surface area contributed by atoms with Crippen LogP contribution in [0, 0.1) is 0 Å². The molecule has 4 rings (SSSR count). The predicted molar refractivity (Wildman–Crippen MR) is 119 cm³/mol. The Morgan fingerprint density at radius 1 is 1.23 bits per heavy atom. The van der Waals surface area contributed by atoms with Crippen LogP contribution in [0.1, 0.15) is 42.6 Å². The van der Waals surface area contributed by atoms with Gasteiger partial charge in [-0.2, -0.15) is 0 Å². The van der Waals surface area contributed by atoms with Gasteiger partial charge in [-0.3, -0.25) is 9.78 Å². The summed E-state index contributed by atoms with van der Waals surface area (Å²) >= 11 is 0. The minimum absolute atomic E-state index is 0.0931. The highest BCUT2D eigenvalue weighted by Crippen LogP contribution is 2.25. The summed E-state index contributed by atoms with van der Waals surface area (Å²) in [6, 6.07) is 5.89. The van der Waals surface area contributed by atoms with Crippen LogP contribution in [-0.4, -0.2) is 55.8 Å². The first kappa shape index (κ1) is 21.0. The maximum Gasteiger partial charge on any atom is 0.276 e. The lowest BCUT2D eigenvalue weighted by Gasteiger charge is -2.27. The molecule has 0 atom stereocenters. The summed E-state index contributed by atoms with van der Waals surface area (Å²) in [4.78, 5) is 21.3. The molecule has 0 saturated heterocycles. The highest BCUT2D eigenvalue weighted by Gasteiger charge is 2.21. The number of anilines is 3. The van der Waals surface area contributed by atoms with Gasteiger partial charge in [-0.25, -0.2) is 9.50 Å². The molecule has 0 unspecified atom stereocenters. The molecule has 10 nitrogen and oxygen atoms in total. The number of imidazole rings is 1. The van der Waals surface area contributed by atoms with Gasteiger partial charge in [-0.05, 0) is 44.2 Å². The number of aliphatic hydroxyl groups is 1. The van der Waals surface area contributed by atoms with E-state index in [1.54, 1.807) is 29.0 Å². The Balaban J connectivity index is 1.62. The van der Waals surface area contributed by atoms with Crippen molar-refractivity contribution in [3.8, 4) is 0 Å². The summed E-state index contributed by atoms with van der Waals surface area (Å²) in [5.41, 5.74) is 8.29. The van der Waals surface area contributed by atoms with Crippen molar-refractivity contribution in [2.24, 2.45) is 5.73 Å². The summed E-state index contributed by atoms with van der Waals surface area (Å²) in [6.07, 6.45) is 9.26. The molecule has 3 aromatic rings. The van der Waals surface area contributed by atoms with Crippen LogP contribution in [0.5, 0.6) is 0 Å². The molecule has 1 aliphatic rings. The summed E-state index contributed by atoms with van der Waals surface area (Å²) in [7, 11) is 0. The van der Waals surface area contributed by atoms with Crippen LogP contribution in [-0.2, 0) is 0 Å². The summed E-state index contributed by atoms with van der Waals surface area (Å²) in [6.45, 7) is 0.676. The van der Waals surface area contributed by atoms with Gasteiger partial charge in [0, 0.05) is 49.4 Å². The highest BCUT2D eigenvalue weighted by atomic mass is 16.3. The number of carbonyl (C=O) groups excluding carboxylic acids is 1. The minimum Gasteiger partial charge on any atom is -0.396 e. The second-order valence-electron chi connectivity index (χ2n) is 7.77. The Kier molecular flexibility index (Phi) is 6.58. The average molecular weight is 425 g/mol. The number of aliphatic hydroxyl groups excluding tert-OH is 1. The number of hydrogen-bond donors (Lipinski definition) is 5. The van der Waals surface area contributed by atoms with Crippen LogP contribution >= 0.6 is 0 Å². The maximum atomic E-state index is 12.9. The van der Waals surface area contributed by atoms with Crippen LogP contribution < -0.4 is 21.7 Å². The highest BCUT2D eigenvalue weighted by molar-refractivity contribution is 6.03. The van der Waals surface area contributed by atoms with Crippen LogP contribution in [0.15, 0.2) is 36.8 Å². The van der Waals surface area contributed by atoms with Gasteiger partial charge in [0.2, 0.25) is 0 Å². The molecule has 3 aromatic heterocycles. The molecule has 1 amide bonds. The SMILES string of the molecule is NC1CCC(Nc2cc(NCCCO)c3ncc(C(=O)Nc4ccncc4)n3n2)CC1. The number of pyridine rings is 1. The second-order valence-corrected chi connectivity index (χ2v) is 7.77. The smallest absolute Gasteiger partial charge is 0.276 e. The van der Waals surface area contributed by atoms with Gasteiger partial charge < -0.3 is 26.8 Å². The largest absolute Gasteiger partial charge is 0.396 e. The lowest BCUT2D eigenvalue weighted by Crippen LogP contribution is -2.33. The predicted octanol–water partition coefficient (Wildman–Crippen LogP) is 1.85. The van der Waals surface area contributed by atoms with Crippen LogP contribution in [0.2, 0.25) is 0 Å². The van der Waals surface area contributed by atoms with E-state index in [9.17, 15) is 4.79 Å². The van der Waals surface area contributed by atoms with Crippen molar-refractivity contribution in [3.63, 3.8) is 0 Å². The first-order valence-electron chi connectivity index (χ1n) is 10.6. The molecule has 6 N–H and O–H groups in total. The molecule has 3 heterocycles. The van der Waals surface area contributed by atoms with Gasteiger partial charge in [0.1, 0.15) is 5.82 Å². The topological polar surface area (TPSA) is 142 Å². The molecule has 31 heavy (non-hydrogen) atoms. The number of hydrogen-bond acceptors (Lipinski definition) is 8. The first-order chi connectivity index (χ1) is 15.1. The van der Waals surface area contributed by atoms with Crippen LogP contribution in [0.25, 0.3) is 5.65 Å². The molecule has 1 saturated carbocycles. The van der Waals surface area contributed by atoms with E-state index in [1.807, 2.05) is 6.07 Å². The number of aromatic nitrogens is 4. The Morgan fingerprint density at radius 3 is 2.74 bits per heavy atom. The Bertz CT molecular complexity index is 1010. The number of rotatable bonds is 8. The van der Waals surface area contributed by atoms with E-state index in [-0.39, 0.29) is 24.6 Å². The second kappa shape index (κ2) is 9.71. The van der Waals surface area contributed by atoms with E-state index >= 15 is 0 Å². The number of nitrogens with one attached hydrogen (secondary N) is 3. The van der Waals surface area contributed by atoms with E-state index in [2.05, 4.69) is 31.0 Å². The fourth-order valence-corrected chi connectivity index (χ4v) is 3.73. The van der Waals surface area contributed by atoms with E-state index in [0.29, 0.717) is 35.8 Å². The van der Waals surface area contributed by atoms with E-state index in [4.69, 9.17) is 10.8 Å². The van der Waals surface area contributed by atoms with Crippen molar-refractivity contribution < 1.29 is 9.90 Å².